The summed E-state index contributed by atoms with van der Waals surface area (Å²) in [7, 11) is 0. The molecule has 0 bridgehead atoms. The molecule has 92 valence electrons. The normalized spacial score (nSPS) is 10.6. The molecule has 1 N–H and O–H groups in total. The summed E-state index contributed by atoms with van der Waals surface area (Å²) in [5, 5.41) is 8.98. The molecular formula is C14H7F2N3. The minimum absolute atomic E-state index is 0.0417. The lowest BCUT2D eigenvalue weighted by atomic mass is 10.2. The molecule has 0 unspecified atom stereocenters. The Balaban J connectivity index is 2.27. The van der Waals surface area contributed by atoms with E-state index in [1.165, 1.54) is 12.1 Å². The second-order valence-electron chi connectivity index (χ2n) is 4.00. The smallest absolute Gasteiger partial charge is 0.169 e. The molecule has 1 aromatic heterocycles. The summed E-state index contributed by atoms with van der Waals surface area (Å²) in [6, 6.07) is 10.9. The van der Waals surface area contributed by atoms with Gasteiger partial charge in [0.2, 0.25) is 0 Å². The fraction of sp³-hybridized carbons (Fsp3) is 0. The Kier molecular flexibility index (Phi) is 2.50. The quantitative estimate of drug-likeness (QED) is 0.724. The molecule has 0 radical (unpaired) electrons. The van der Waals surface area contributed by atoms with Crippen LogP contribution in [0.1, 0.15) is 5.56 Å². The highest BCUT2D eigenvalue weighted by atomic mass is 19.2. The van der Waals surface area contributed by atoms with Gasteiger partial charge in [-0.05, 0) is 24.3 Å². The third-order valence-electron chi connectivity index (χ3n) is 2.84. The highest BCUT2D eigenvalue weighted by molar-refractivity contribution is 5.84. The van der Waals surface area contributed by atoms with Gasteiger partial charge in [0, 0.05) is 0 Å². The van der Waals surface area contributed by atoms with Crippen LogP contribution in [0.15, 0.2) is 36.4 Å². The van der Waals surface area contributed by atoms with Crippen molar-refractivity contribution in [2.45, 2.75) is 0 Å². The summed E-state index contributed by atoms with van der Waals surface area (Å²) >= 11 is 0. The molecule has 0 atom stereocenters. The summed E-state index contributed by atoms with van der Waals surface area (Å²) in [5.41, 5.74) is 1.48. The van der Waals surface area contributed by atoms with Crippen LogP contribution in [-0.2, 0) is 0 Å². The van der Waals surface area contributed by atoms with E-state index in [2.05, 4.69) is 9.97 Å². The number of nitriles is 1. The van der Waals surface area contributed by atoms with E-state index in [1.807, 2.05) is 6.07 Å². The van der Waals surface area contributed by atoms with Gasteiger partial charge in [-0.25, -0.2) is 13.8 Å². The molecule has 19 heavy (non-hydrogen) atoms. The van der Waals surface area contributed by atoms with E-state index in [4.69, 9.17) is 5.26 Å². The lowest BCUT2D eigenvalue weighted by Gasteiger charge is -1.99. The average Bonchev–Trinajstić information content (AvgIpc) is 2.85. The van der Waals surface area contributed by atoms with Gasteiger partial charge in [-0.3, -0.25) is 0 Å². The molecule has 0 spiro atoms. The molecule has 0 aliphatic heterocycles. The first-order valence-corrected chi connectivity index (χ1v) is 5.54. The highest BCUT2D eigenvalue weighted by Crippen LogP contribution is 2.25. The zero-order valence-corrected chi connectivity index (χ0v) is 9.61. The lowest BCUT2D eigenvalue weighted by molar-refractivity contribution is 0.510. The molecular weight excluding hydrogens is 248 g/mol. The Bertz CT molecular complexity index is 815. The van der Waals surface area contributed by atoms with Crippen LogP contribution < -0.4 is 0 Å². The van der Waals surface area contributed by atoms with Crippen LogP contribution >= 0.6 is 0 Å². The minimum Gasteiger partial charge on any atom is -0.338 e. The molecule has 3 rings (SSSR count). The van der Waals surface area contributed by atoms with Crippen molar-refractivity contribution >= 4 is 11.0 Å². The molecule has 0 saturated carbocycles. The summed E-state index contributed by atoms with van der Waals surface area (Å²) in [6.45, 7) is 0. The number of imidazole rings is 1. The van der Waals surface area contributed by atoms with Gasteiger partial charge in [-0.1, -0.05) is 12.1 Å². The Labute approximate surface area is 107 Å². The van der Waals surface area contributed by atoms with Crippen LogP contribution in [0.4, 0.5) is 8.78 Å². The molecule has 0 aliphatic carbocycles. The molecule has 3 nitrogen and oxygen atoms in total. The number of rotatable bonds is 1. The van der Waals surface area contributed by atoms with Gasteiger partial charge in [-0.2, -0.15) is 5.26 Å². The number of halogens is 2. The van der Waals surface area contributed by atoms with Gasteiger partial charge >= 0.3 is 0 Å². The molecule has 0 saturated heterocycles. The van der Waals surface area contributed by atoms with Crippen LogP contribution in [0, 0.1) is 23.0 Å². The summed E-state index contributed by atoms with van der Waals surface area (Å²) in [4.78, 5) is 7.06. The fourth-order valence-corrected chi connectivity index (χ4v) is 1.94. The van der Waals surface area contributed by atoms with Gasteiger partial charge < -0.3 is 4.98 Å². The van der Waals surface area contributed by atoms with Crippen molar-refractivity contribution < 1.29 is 8.78 Å². The van der Waals surface area contributed by atoms with E-state index >= 15 is 0 Å². The van der Waals surface area contributed by atoms with Crippen molar-refractivity contribution in [1.82, 2.24) is 9.97 Å². The summed E-state index contributed by atoms with van der Waals surface area (Å²) in [5.74, 6) is -1.69. The Morgan fingerprint density at radius 3 is 2.68 bits per heavy atom. The first kappa shape index (κ1) is 11.4. The molecule has 0 fully saturated rings. The molecule has 5 heteroatoms. The standard InChI is InChI=1S/C14H7F2N3/c15-10-5-2-4-9(12(10)16)14-18-11-6-1-3-8(7-17)13(11)19-14/h1-6H,(H,18,19). The number of aromatic nitrogens is 2. The Morgan fingerprint density at radius 1 is 1.11 bits per heavy atom. The van der Waals surface area contributed by atoms with Crippen molar-refractivity contribution in [3.63, 3.8) is 0 Å². The maximum atomic E-state index is 13.7. The maximum absolute atomic E-state index is 13.7. The van der Waals surface area contributed by atoms with Crippen molar-refractivity contribution in [3.8, 4) is 17.5 Å². The Hall–Kier alpha value is -2.74. The molecule has 0 amide bonds. The van der Waals surface area contributed by atoms with E-state index in [-0.39, 0.29) is 11.4 Å². The number of hydrogen-bond acceptors (Lipinski definition) is 2. The number of nitrogens with one attached hydrogen (secondary N) is 1. The molecule has 3 aromatic rings. The third kappa shape index (κ3) is 1.74. The van der Waals surface area contributed by atoms with Gasteiger partial charge in [0.15, 0.2) is 11.6 Å². The average molecular weight is 255 g/mol. The second-order valence-corrected chi connectivity index (χ2v) is 4.00. The monoisotopic (exact) mass is 255 g/mol. The van der Waals surface area contributed by atoms with E-state index in [0.29, 0.717) is 16.6 Å². The molecule has 0 aliphatic rings. The van der Waals surface area contributed by atoms with E-state index in [1.54, 1.807) is 18.2 Å². The third-order valence-corrected chi connectivity index (χ3v) is 2.84. The molecule has 1 heterocycles. The first-order valence-electron chi connectivity index (χ1n) is 5.54. The van der Waals surface area contributed by atoms with Gasteiger partial charge in [-0.15, -0.1) is 0 Å². The summed E-state index contributed by atoms with van der Waals surface area (Å²) < 4.78 is 26.9. The van der Waals surface area contributed by atoms with Crippen molar-refractivity contribution in [1.29, 1.82) is 5.26 Å². The SMILES string of the molecule is N#Cc1cccc2[nH]c(-c3cccc(F)c3F)nc12. The van der Waals surface area contributed by atoms with Crippen LogP contribution in [0.2, 0.25) is 0 Å². The van der Waals surface area contributed by atoms with Gasteiger partial charge in [0.05, 0.1) is 16.6 Å². The largest absolute Gasteiger partial charge is 0.338 e. The minimum atomic E-state index is -0.958. The number of para-hydroxylation sites is 1. The predicted octanol–water partition coefficient (Wildman–Crippen LogP) is 3.38. The van der Waals surface area contributed by atoms with Crippen molar-refractivity contribution in [2.24, 2.45) is 0 Å². The number of fused-ring (bicyclic) bond motifs is 1. The fourth-order valence-electron chi connectivity index (χ4n) is 1.94. The van der Waals surface area contributed by atoms with Crippen LogP contribution in [0.3, 0.4) is 0 Å². The molecule has 2 aromatic carbocycles. The zero-order valence-electron chi connectivity index (χ0n) is 9.61. The van der Waals surface area contributed by atoms with Crippen LogP contribution in [0.5, 0.6) is 0 Å². The maximum Gasteiger partial charge on any atom is 0.169 e. The Morgan fingerprint density at radius 2 is 1.89 bits per heavy atom. The number of benzene rings is 2. The number of aromatic amines is 1. The topological polar surface area (TPSA) is 52.5 Å². The predicted molar refractivity (Wildman–Crippen MR) is 66.2 cm³/mol. The van der Waals surface area contributed by atoms with Crippen LogP contribution in [0.25, 0.3) is 22.4 Å². The number of hydrogen-bond donors (Lipinski definition) is 1. The van der Waals surface area contributed by atoms with Crippen molar-refractivity contribution in [3.05, 3.63) is 53.6 Å². The van der Waals surface area contributed by atoms with E-state index in [0.717, 1.165) is 6.07 Å². The zero-order chi connectivity index (χ0) is 13.4. The van der Waals surface area contributed by atoms with E-state index in [9.17, 15) is 8.78 Å². The van der Waals surface area contributed by atoms with Crippen molar-refractivity contribution in [2.75, 3.05) is 0 Å². The lowest BCUT2D eigenvalue weighted by Crippen LogP contribution is -1.90. The van der Waals surface area contributed by atoms with E-state index < -0.39 is 11.6 Å². The number of nitrogens with zero attached hydrogens (tertiary/aromatic N) is 2. The van der Waals surface area contributed by atoms with Gasteiger partial charge in [0.25, 0.3) is 0 Å². The van der Waals surface area contributed by atoms with Gasteiger partial charge in [0.1, 0.15) is 17.4 Å². The highest BCUT2D eigenvalue weighted by Gasteiger charge is 2.14. The second kappa shape index (κ2) is 4.18. The first-order chi connectivity index (χ1) is 9.20. The number of H-pyrrole nitrogens is 1. The summed E-state index contributed by atoms with van der Waals surface area (Å²) in [6.07, 6.45) is 0. The van der Waals surface area contributed by atoms with Crippen LogP contribution in [-0.4, -0.2) is 9.97 Å².